The number of phenolic OH excluding ortho intramolecular Hbond substituents is 1. The molecule has 3 heterocycles. The zero-order chi connectivity index (χ0) is 20.0. The number of aromatic nitrogens is 3. The van der Waals surface area contributed by atoms with Crippen molar-refractivity contribution in [3.63, 3.8) is 0 Å². The minimum Gasteiger partial charge on any atom is -0.508 e. The van der Waals surface area contributed by atoms with Crippen LogP contribution < -0.4 is 10.5 Å². The maximum Gasteiger partial charge on any atom is 0.262 e. The smallest absolute Gasteiger partial charge is 0.262 e. The molecule has 2 aromatic heterocycles. The first-order valence-electron chi connectivity index (χ1n) is 9.67. The average Bonchev–Trinajstić information content (AvgIpc) is 2.74. The summed E-state index contributed by atoms with van der Waals surface area (Å²) in [5.74, 6) is 0.358. The Balaban J connectivity index is 1.61. The number of benzene rings is 1. The van der Waals surface area contributed by atoms with E-state index in [2.05, 4.69) is 15.0 Å². The highest BCUT2D eigenvalue weighted by Crippen LogP contribution is 2.37. The van der Waals surface area contributed by atoms with Gasteiger partial charge >= 0.3 is 0 Å². The minimum absolute atomic E-state index is 0.0782. The second-order valence-electron chi connectivity index (χ2n) is 7.43. The van der Waals surface area contributed by atoms with Gasteiger partial charge in [0.2, 0.25) is 5.95 Å². The van der Waals surface area contributed by atoms with Gasteiger partial charge in [-0.05, 0) is 29.5 Å². The van der Waals surface area contributed by atoms with E-state index in [0.717, 1.165) is 0 Å². The summed E-state index contributed by atoms with van der Waals surface area (Å²) in [7, 11) is 0. The molecule has 0 radical (unpaired) electrons. The average molecular weight is 392 g/mol. The number of Topliss-reactive ketones (excluding diaryl/α,β-unsaturated/α-hetero) is 1. The van der Waals surface area contributed by atoms with Gasteiger partial charge in [0.25, 0.3) is 5.56 Å². The van der Waals surface area contributed by atoms with Crippen molar-refractivity contribution >= 4 is 22.8 Å². The van der Waals surface area contributed by atoms with Crippen molar-refractivity contribution in [1.29, 1.82) is 0 Å². The third kappa shape index (κ3) is 3.05. The Labute approximate surface area is 166 Å². The number of nitrogens with zero attached hydrogens (tertiary/aromatic N) is 3. The number of morpholine rings is 1. The zero-order valence-corrected chi connectivity index (χ0v) is 15.7. The number of carbonyl (C=O) groups is 1. The molecule has 0 saturated carbocycles. The van der Waals surface area contributed by atoms with Crippen molar-refractivity contribution in [3.05, 3.63) is 57.5 Å². The Morgan fingerprint density at radius 2 is 1.93 bits per heavy atom. The monoisotopic (exact) mass is 392 g/mol. The Morgan fingerprint density at radius 3 is 2.72 bits per heavy atom. The summed E-state index contributed by atoms with van der Waals surface area (Å²) in [5, 5.41) is 10.6. The van der Waals surface area contributed by atoms with Gasteiger partial charge in [-0.1, -0.05) is 18.2 Å². The molecule has 0 spiro atoms. The number of hydrogen-bond donors (Lipinski definition) is 2. The second-order valence-corrected chi connectivity index (χ2v) is 7.43. The van der Waals surface area contributed by atoms with Gasteiger partial charge in [0.1, 0.15) is 5.75 Å². The molecule has 1 atom stereocenters. The summed E-state index contributed by atoms with van der Waals surface area (Å²) >= 11 is 0. The number of aromatic hydroxyl groups is 1. The minimum atomic E-state index is -0.299. The predicted molar refractivity (Wildman–Crippen MR) is 107 cm³/mol. The fourth-order valence-electron chi connectivity index (χ4n) is 4.24. The van der Waals surface area contributed by atoms with Gasteiger partial charge in [0.05, 0.1) is 18.6 Å². The second kappa shape index (κ2) is 6.97. The van der Waals surface area contributed by atoms with Crippen LogP contribution in [-0.4, -0.2) is 52.1 Å². The van der Waals surface area contributed by atoms with Gasteiger partial charge in [-0.15, -0.1) is 0 Å². The van der Waals surface area contributed by atoms with E-state index in [4.69, 9.17) is 4.74 Å². The van der Waals surface area contributed by atoms with Crippen LogP contribution in [0.25, 0.3) is 11.0 Å². The van der Waals surface area contributed by atoms with E-state index in [1.54, 1.807) is 12.1 Å². The molecule has 3 aromatic rings. The maximum atomic E-state index is 13.0. The molecule has 2 aliphatic rings. The highest BCUT2D eigenvalue weighted by molar-refractivity contribution is 6.02. The Bertz CT molecular complexity index is 1170. The van der Waals surface area contributed by atoms with E-state index in [-0.39, 0.29) is 29.4 Å². The number of phenols is 1. The van der Waals surface area contributed by atoms with Crippen LogP contribution in [0.15, 0.2) is 35.3 Å². The molecule has 29 heavy (non-hydrogen) atoms. The van der Waals surface area contributed by atoms with Gasteiger partial charge in [-0.25, -0.2) is 4.98 Å². The van der Waals surface area contributed by atoms with E-state index < -0.39 is 0 Å². The number of H-pyrrole nitrogens is 1. The van der Waals surface area contributed by atoms with Crippen molar-refractivity contribution in [1.82, 2.24) is 15.0 Å². The molecule has 1 aliphatic heterocycles. The molecule has 0 amide bonds. The number of anilines is 1. The standard InChI is InChI=1S/C21H20N4O4/c26-16-4-2-1-3-13(16)12-9-14-15(17(27)10-12)11-22-19-18(14)20(28)24-21(23-19)25-5-7-29-8-6-25/h1-4,11-12,26H,5-10H2,(H,22,23,24,28)/t12-/m1/s1. The number of hydrogen-bond acceptors (Lipinski definition) is 7. The number of fused-ring (bicyclic) bond motifs is 3. The summed E-state index contributed by atoms with van der Waals surface area (Å²) in [6.07, 6.45) is 2.27. The number of nitrogens with one attached hydrogen (secondary N) is 1. The predicted octanol–water partition coefficient (Wildman–Crippen LogP) is 1.77. The first-order chi connectivity index (χ1) is 14.1. The lowest BCUT2D eigenvalue weighted by atomic mass is 9.79. The zero-order valence-electron chi connectivity index (χ0n) is 15.7. The van der Waals surface area contributed by atoms with E-state index in [1.165, 1.54) is 6.20 Å². The fourth-order valence-corrected chi connectivity index (χ4v) is 4.24. The molecule has 5 rings (SSSR count). The van der Waals surface area contributed by atoms with E-state index in [0.29, 0.717) is 66.4 Å². The molecular formula is C21H20N4O4. The quantitative estimate of drug-likeness (QED) is 0.684. The number of aromatic amines is 1. The summed E-state index contributed by atoms with van der Waals surface area (Å²) in [4.78, 5) is 39.4. The van der Waals surface area contributed by atoms with Crippen molar-refractivity contribution in [2.24, 2.45) is 0 Å². The summed E-state index contributed by atoms with van der Waals surface area (Å²) in [5.41, 5.74) is 1.87. The largest absolute Gasteiger partial charge is 0.508 e. The Morgan fingerprint density at radius 1 is 1.14 bits per heavy atom. The molecule has 1 aromatic carbocycles. The van der Waals surface area contributed by atoms with Crippen molar-refractivity contribution in [2.45, 2.75) is 18.8 Å². The highest BCUT2D eigenvalue weighted by Gasteiger charge is 2.31. The highest BCUT2D eigenvalue weighted by atomic mass is 16.5. The normalized spacial score (nSPS) is 19.4. The van der Waals surface area contributed by atoms with Gasteiger partial charge in [0, 0.05) is 31.3 Å². The van der Waals surface area contributed by atoms with Crippen LogP contribution in [0.1, 0.15) is 33.8 Å². The molecule has 1 aliphatic carbocycles. The van der Waals surface area contributed by atoms with Gasteiger partial charge in [0.15, 0.2) is 11.4 Å². The van der Waals surface area contributed by atoms with Crippen LogP contribution >= 0.6 is 0 Å². The van der Waals surface area contributed by atoms with Crippen LogP contribution in [0.4, 0.5) is 5.95 Å². The van der Waals surface area contributed by atoms with Crippen LogP contribution in [-0.2, 0) is 11.2 Å². The van der Waals surface area contributed by atoms with Gasteiger partial charge in [-0.3, -0.25) is 14.6 Å². The fraction of sp³-hybridized carbons (Fsp3) is 0.333. The van der Waals surface area contributed by atoms with Crippen LogP contribution in [0, 0.1) is 0 Å². The molecule has 8 heteroatoms. The maximum absolute atomic E-state index is 13.0. The molecular weight excluding hydrogens is 372 g/mol. The van der Waals surface area contributed by atoms with Crippen molar-refractivity contribution in [3.8, 4) is 5.75 Å². The van der Waals surface area contributed by atoms with Crippen molar-refractivity contribution in [2.75, 3.05) is 31.2 Å². The van der Waals surface area contributed by atoms with E-state index in [9.17, 15) is 14.7 Å². The number of para-hydroxylation sites is 1. The van der Waals surface area contributed by atoms with Gasteiger partial charge in [-0.2, -0.15) is 4.98 Å². The molecule has 1 fully saturated rings. The summed E-state index contributed by atoms with van der Waals surface area (Å²) in [6.45, 7) is 2.45. The molecule has 0 bridgehead atoms. The molecule has 2 N–H and O–H groups in total. The SMILES string of the molecule is O=C1C[C@H](c2ccccc2O)Cc2c1cnc1nc(N3CCOCC3)[nH]c(=O)c21. The number of ether oxygens (including phenoxy) is 1. The third-order valence-corrected chi connectivity index (χ3v) is 5.70. The lowest BCUT2D eigenvalue weighted by Crippen LogP contribution is -2.38. The summed E-state index contributed by atoms with van der Waals surface area (Å²) < 4.78 is 5.35. The molecule has 8 nitrogen and oxygen atoms in total. The van der Waals surface area contributed by atoms with Crippen LogP contribution in [0.5, 0.6) is 5.75 Å². The Hall–Kier alpha value is -3.26. The number of carbonyl (C=O) groups excluding carboxylic acids is 1. The lowest BCUT2D eigenvalue weighted by Gasteiger charge is -2.28. The molecule has 0 unspecified atom stereocenters. The Kier molecular flexibility index (Phi) is 4.28. The summed E-state index contributed by atoms with van der Waals surface area (Å²) in [6, 6.07) is 7.02. The molecule has 1 saturated heterocycles. The first kappa shape index (κ1) is 17.8. The first-order valence-corrected chi connectivity index (χ1v) is 9.67. The van der Waals surface area contributed by atoms with E-state index >= 15 is 0 Å². The number of ketones is 1. The lowest BCUT2D eigenvalue weighted by molar-refractivity contribution is 0.0964. The third-order valence-electron chi connectivity index (χ3n) is 5.70. The molecule has 148 valence electrons. The van der Waals surface area contributed by atoms with E-state index in [1.807, 2.05) is 17.0 Å². The van der Waals surface area contributed by atoms with Crippen LogP contribution in [0.2, 0.25) is 0 Å². The topological polar surface area (TPSA) is 108 Å². The van der Waals surface area contributed by atoms with Gasteiger partial charge < -0.3 is 14.7 Å². The van der Waals surface area contributed by atoms with Crippen molar-refractivity contribution < 1.29 is 14.6 Å². The number of rotatable bonds is 2. The number of pyridine rings is 1. The van der Waals surface area contributed by atoms with Crippen LogP contribution in [0.3, 0.4) is 0 Å².